The third-order valence-corrected chi connectivity index (χ3v) is 2.54. The van der Waals surface area contributed by atoms with Crippen LogP contribution in [-0.2, 0) is 4.74 Å². The number of rotatable bonds is 4. The Hall–Kier alpha value is -0.120. The van der Waals surface area contributed by atoms with Gasteiger partial charge in [-0.15, -0.1) is 0 Å². The van der Waals surface area contributed by atoms with Crippen LogP contribution in [0.5, 0.6) is 0 Å². The third kappa shape index (κ3) is 2.44. The zero-order valence-corrected chi connectivity index (χ0v) is 7.97. The Kier molecular flexibility index (Phi) is 3.50. The maximum Gasteiger partial charge on any atom is 0.0794 e. The average Bonchev–Trinajstić information content (AvgIpc) is 2.53. The van der Waals surface area contributed by atoms with E-state index in [4.69, 9.17) is 4.74 Å². The van der Waals surface area contributed by atoms with Crippen LogP contribution in [0.1, 0.15) is 20.3 Å². The number of aliphatic hydroxyl groups is 1. The maximum absolute atomic E-state index is 10.0. The summed E-state index contributed by atoms with van der Waals surface area (Å²) in [4.78, 5) is 0. The van der Waals surface area contributed by atoms with Gasteiger partial charge in [0, 0.05) is 19.1 Å². The quantitative estimate of drug-likeness (QED) is 0.646. The van der Waals surface area contributed by atoms with Gasteiger partial charge >= 0.3 is 0 Å². The number of hydrogen-bond acceptors (Lipinski definition) is 3. The highest BCUT2D eigenvalue weighted by Crippen LogP contribution is 2.24. The number of likely N-dealkylation sites (N-methyl/N-ethyl adjacent to an activating group) is 1. The minimum atomic E-state index is -0.605. The van der Waals surface area contributed by atoms with E-state index in [9.17, 15) is 5.11 Å². The molecule has 1 aliphatic heterocycles. The van der Waals surface area contributed by atoms with E-state index in [2.05, 4.69) is 5.32 Å². The van der Waals surface area contributed by atoms with Crippen molar-refractivity contribution in [2.24, 2.45) is 5.92 Å². The Labute approximate surface area is 74.1 Å². The van der Waals surface area contributed by atoms with Crippen molar-refractivity contribution in [3.05, 3.63) is 0 Å². The maximum atomic E-state index is 10.0. The van der Waals surface area contributed by atoms with E-state index in [0.717, 1.165) is 19.6 Å². The SMILES string of the molecule is CCNCC(C)(O)C1CCOC1. The molecule has 0 amide bonds. The summed E-state index contributed by atoms with van der Waals surface area (Å²) in [6.07, 6.45) is 0.985. The van der Waals surface area contributed by atoms with Gasteiger partial charge in [0.25, 0.3) is 0 Å². The van der Waals surface area contributed by atoms with Crippen LogP contribution in [0.3, 0.4) is 0 Å². The Balaban J connectivity index is 2.34. The summed E-state index contributed by atoms with van der Waals surface area (Å²) in [7, 11) is 0. The smallest absolute Gasteiger partial charge is 0.0794 e. The van der Waals surface area contributed by atoms with Gasteiger partial charge in [0.05, 0.1) is 12.2 Å². The molecule has 0 aliphatic carbocycles. The lowest BCUT2D eigenvalue weighted by Crippen LogP contribution is -2.44. The molecule has 2 atom stereocenters. The highest BCUT2D eigenvalue weighted by atomic mass is 16.5. The zero-order valence-electron chi connectivity index (χ0n) is 7.97. The van der Waals surface area contributed by atoms with Crippen molar-refractivity contribution in [1.82, 2.24) is 5.32 Å². The van der Waals surface area contributed by atoms with Crippen molar-refractivity contribution >= 4 is 0 Å². The van der Waals surface area contributed by atoms with E-state index in [0.29, 0.717) is 19.1 Å². The first kappa shape index (κ1) is 9.96. The van der Waals surface area contributed by atoms with Crippen LogP contribution in [-0.4, -0.2) is 37.0 Å². The Morgan fingerprint density at radius 1 is 1.67 bits per heavy atom. The van der Waals surface area contributed by atoms with Gasteiger partial charge in [-0.2, -0.15) is 0 Å². The first-order chi connectivity index (χ1) is 5.67. The van der Waals surface area contributed by atoms with E-state index >= 15 is 0 Å². The Morgan fingerprint density at radius 2 is 2.42 bits per heavy atom. The molecule has 0 radical (unpaired) electrons. The zero-order chi connectivity index (χ0) is 9.03. The second-order valence-electron chi connectivity index (χ2n) is 3.70. The molecule has 1 fully saturated rings. The molecular weight excluding hydrogens is 154 g/mol. The summed E-state index contributed by atoms with van der Waals surface area (Å²) in [6, 6.07) is 0. The lowest BCUT2D eigenvalue weighted by molar-refractivity contribution is -0.00355. The standard InChI is InChI=1S/C9H19NO2/c1-3-10-7-9(2,11)8-4-5-12-6-8/h8,10-11H,3-7H2,1-2H3. The topological polar surface area (TPSA) is 41.5 Å². The van der Waals surface area contributed by atoms with Crippen LogP contribution in [0.15, 0.2) is 0 Å². The molecule has 0 spiro atoms. The molecule has 2 unspecified atom stereocenters. The second-order valence-corrected chi connectivity index (χ2v) is 3.70. The van der Waals surface area contributed by atoms with Crippen molar-refractivity contribution < 1.29 is 9.84 Å². The summed E-state index contributed by atoms with van der Waals surface area (Å²) in [6.45, 7) is 7.00. The van der Waals surface area contributed by atoms with Crippen LogP contribution < -0.4 is 5.32 Å². The van der Waals surface area contributed by atoms with E-state index in [1.165, 1.54) is 0 Å². The fourth-order valence-electron chi connectivity index (χ4n) is 1.55. The summed E-state index contributed by atoms with van der Waals surface area (Å²) in [5.74, 6) is 0.302. The highest BCUT2D eigenvalue weighted by Gasteiger charge is 2.33. The number of hydrogen-bond donors (Lipinski definition) is 2. The first-order valence-corrected chi connectivity index (χ1v) is 4.67. The van der Waals surface area contributed by atoms with Gasteiger partial charge in [0.1, 0.15) is 0 Å². The average molecular weight is 173 g/mol. The molecule has 0 aromatic heterocycles. The first-order valence-electron chi connectivity index (χ1n) is 4.67. The van der Waals surface area contributed by atoms with E-state index < -0.39 is 5.60 Å². The predicted molar refractivity (Wildman–Crippen MR) is 48.1 cm³/mol. The van der Waals surface area contributed by atoms with Crippen LogP contribution in [0.2, 0.25) is 0 Å². The van der Waals surface area contributed by atoms with Gasteiger partial charge in [-0.25, -0.2) is 0 Å². The molecule has 0 saturated carbocycles. The van der Waals surface area contributed by atoms with E-state index in [1.807, 2.05) is 13.8 Å². The molecule has 1 heterocycles. The summed E-state index contributed by atoms with van der Waals surface area (Å²) >= 11 is 0. The molecule has 2 N–H and O–H groups in total. The number of nitrogens with one attached hydrogen (secondary N) is 1. The predicted octanol–water partition coefficient (Wildman–Crippen LogP) is 0.383. The van der Waals surface area contributed by atoms with Gasteiger partial charge in [0.2, 0.25) is 0 Å². The minimum absolute atomic E-state index is 0.302. The summed E-state index contributed by atoms with van der Waals surface area (Å²) < 4.78 is 5.24. The molecule has 1 saturated heterocycles. The number of ether oxygens (including phenoxy) is 1. The molecule has 72 valence electrons. The second kappa shape index (κ2) is 4.21. The summed E-state index contributed by atoms with van der Waals surface area (Å²) in [5.41, 5.74) is -0.605. The van der Waals surface area contributed by atoms with Crippen LogP contribution in [0.25, 0.3) is 0 Å². The van der Waals surface area contributed by atoms with Crippen molar-refractivity contribution in [2.75, 3.05) is 26.3 Å². The minimum Gasteiger partial charge on any atom is -0.388 e. The monoisotopic (exact) mass is 173 g/mol. The molecular formula is C9H19NO2. The van der Waals surface area contributed by atoms with Crippen molar-refractivity contribution in [3.63, 3.8) is 0 Å². The van der Waals surface area contributed by atoms with Gasteiger partial charge in [-0.1, -0.05) is 6.92 Å². The molecule has 0 aromatic carbocycles. The lowest BCUT2D eigenvalue weighted by Gasteiger charge is -2.29. The van der Waals surface area contributed by atoms with Gasteiger partial charge < -0.3 is 15.2 Å². The summed E-state index contributed by atoms with van der Waals surface area (Å²) in [5, 5.41) is 13.2. The fourth-order valence-corrected chi connectivity index (χ4v) is 1.55. The van der Waals surface area contributed by atoms with Crippen LogP contribution >= 0.6 is 0 Å². The van der Waals surface area contributed by atoms with Gasteiger partial charge in [-0.05, 0) is 19.9 Å². The molecule has 12 heavy (non-hydrogen) atoms. The van der Waals surface area contributed by atoms with Crippen LogP contribution in [0.4, 0.5) is 0 Å². The lowest BCUT2D eigenvalue weighted by atomic mass is 9.88. The van der Waals surface area contributed by atoms with Crippen molar-refractivity contribution in [1.29, 1.82) is 0 Å². The fraction of sp³-hybridized carbons (Fsp3) is 1.00. The highest BCUT2D eigenvalue weighted by molar-refractivity contribution is 4.86. The molecule has 1 aliphatic rings. The van der Waals surface area contributed by atoms with E-state index in [-0.39, 0.29) is 0 Å². The normalized spacial score (nSPS) is 28.8. The largest absolute Gasteiger partial charge is 0.388 e. The molecule has 3 heteroatoms. The van der Waals surface area contributed by atoms with Crippen molar-refractivity contribution in [3.8, 4) is 0 Å². The third-order valence-electron chi connectivity index (χ3n) is 2.54. The van der Waals surface area contributed by atoms with E-state index in [1.54, 1.807) is 0 Å². The van der Waals surface area contributed by atoms with Crippen molar-refractivity contribution in [2.45, 2.75) is 25.9 Å². The molecule has 0 bridgehead atoms. The van der Waals surface area contributed by atoms with Gasteiger partial charge in [0.15, 0.2) is 0 Å². The Morgan fingerprint density at radius 3 is 2.92 bits per heavy atom. The Bertz CT molecular complexity index is 130. The molecule has 3 nitrogen and oxygen atoms in total. The molecule has 0 aromatic rings. The van der Waals surface area contributed by atoms with Crippen LogP contribution in [0, 0.1) is 5.92 Å². The molecule has 1 rings (SSSR count). The van der Waals surface area contributed by atoms with Gasteiger partial charge in [-0.3, -0.25) is 0 Å².